The quantitative estimate of drug-likeness (QED) is 0.670. The number of amides is 1. The summed E-state index contributed by atoms with van der Waals surface area (Å²) >= 11 is 0. The Morgan fingerprint density at radius 1 is 1.17 bits per heavy atom. The van der Waals surface area contributed by atoms with Gasteiger partial charge in [-0.1, -0.05) is 6.07 Å². The lowest BCUT2D eigenvalue weighted by Crippen LogP contribution is -2.42. The summed E-state index contributed by atoms with van der Waals surface area (Å²) in [6.45, 7) is 1.31. The predicted octanol–water partition coefficient (Wildman–Crippen LogP) is 3.01. The van der Waals surface area contributed by atoms with Gasteiger partial charge in [0.15, 0.2) is 0 Å². The van der Waals surface area contributed by atoms with Crippen LogP contribution in [-0.2, 0) is 4.74 Å². The minimum atomic E-state index is -0.404. The van der Waals surface area contributed by atoms with Crippen LogP contribution in [0.4, 0.5) is 21.8 Å². The van der Waals surface area contributed by atoms with Gasteiger partial charge in [-0.25, -0.2) is 19.3 Å². The first-order valence-electron chi connectivity index (χ1n) is 9.52. The molecule has 4 rings (SSSR count). The molecule has 0 radical (unpaired) electrons. The number of hydrogen-bond donors (Lipinski definition) is 2. The van der Waals surface area contributed by atoms with E-state index in [9.17, 15) is 9.18 Å². The van der Waals surface area contributed by atoms with E-state index in [1.165, 1.54) is 12.1 Å². The lowest BCUT2D eigenvalue weighted by atomic mass is 10.1. The predicted molar refractivity (Wildman–Crippen MR) is 110 cm³/mol. The highest BCUT2D eigenvalue weighted by molar-refractivity contribution is 5.94. The lowest BCUT2D eigenvalue weighted by molar-refractivity contribution is -0.0246. The Morgan fingerprint density at radius 2 is 2.07 bits per heavy atom. The molecule has 1 unspecified atom stereocenters. The monoisotopic (exact) mass is 408 g/mol. The van der Waals surface area contributed by atoms with Crippen LogP contribution in [0.1, 0.15) is 22.2 Å². The molecule has 0 aliphatic carbocycles. The van der Waals surface area contributed by atoms with Crippen LogP contribution in [0.3, 0.4) is 0 Å². The van der Waals surface area contributed by atoms with Crippen molar-refractivity contribution in [1.82, 2.24) is 19.9 Å². The SMILES string of the molecule is CNc1cc(C(=O)N2CCOC(c3cccc(Nc4ccc(F)cn4)n3)C2)ccn1. The lowest BCUT2D eigenvalue weighted by Gasteiger charge is -2.33. The number of carbonyl (C=O) groups excluding carboxylic acids is 1. The average Bonchev–Trinajstić information content (AvgIpc) is 2.80. The topological polar surface area (TPSA) is 92.3 Å². The van der Waals surface area contributed by atoms with Crippen molar-refractivity contribution >= 4 is 23.4 Å². The van der Waals surface area contributed by atoms with Crippen LogP contribution < -0.4 is 10.6 Å². The molecule has 3 aromatic rings. The molecule has 1 saturated heterocycles. The normalized spacial score (nSPS) is 16.2. The molecule has 30 heavy (non-hydrogen) atoms. The number of rotatable bonds is 5. The van der Waals surface area contributed by atoms with E-state index in [-0.39, 0.29) is 12.0 Å². The average molecular weight is 408 g/mol. The highest BCUT2D eigenvalue weighted by Gasteiger charge is 2.27. The minimum absolute atomic E-state index is 0.0769. The highest BCUT2D eigenvalue weighted by Crippen LogP contribution is 2.24. The van der Waals surface area contributed by atoms with Gasteiger partial charge >= 0.3 is 0 Å². The maximum Gasteiger partial charge on any atom is 0.254 e. The van der Waals surface area contributed by atoms with E-state index in [1.54, 1.807) is 36.3 Å². The summed E-state index contributed by atoms with van der Waals surface area (Å²) in [5, 5.41) is 5.98. The van der Waals surface area contributed by atoms with E-state index in [4.69, 9.17) is 4.74 Å². The Hall–Kier alpha value is -3.59. The van der Waals surface area contributed by atoms with Crippen molar-refractivity contribution in [3.63, 3.8) is 0 Å². The Bertz CT molecular complexity index is 1030. The Kier molecular flexibility index (Phi) is 5.80. The van der Waals surface area contributed by atoms with Gasteiger partial charge in [-0.05, 0) is 36.4 Å². The molecule has 0 bridgehead atoms. The van der Waals surface area contributed by atoms with Crippen molar-refractivity contribution in [2.24, 2.45) is 0 Å². The van der Waals surface area contributed by atoms with Gasteiger partial charge in [-0.2, -0.15) is 0 Å². The van der Waals surface area contributed by atoms with Gasteiger partial charge in [0.1, 0.15) is 29.4 Å². The van der Waals surface area contributed by atoms with Gasteiger partial charge in [-0.3, -0.25) is 4.79 Å². The number of anilines is 3. The number of carbonyl (C=O) groups is 1. The summed E-state index contributed by atoms with van der Waals surface area (Å²) in [5.41, 5.74) is 1.27. The third kappa shape index (κ3) is 4.52. The van der Waals surface area contributed by atoms with Gasteiger partial charge in [0, 0.05) is 25.4 Å². The van der Waals surface area contributed by atoms with E-state index in [2.05, 4.69) is 25.6 Å². The molecular formula is C21H21FN6O2. The number of nitrogens with zero attached hydrogens (tertiary/aromatic N) is 4. The highest BCUT2D eigenvalue weighted by atomic mass is 19.1. The number of halogens is 1. The molecule has 8 nitrogen and oxygen atoms in total. The summed E-state index contributed by atoms with van der Waals surface area (Å²) in [4.78, 5) is 27.4. The van der Waals surface area contributed by atoms with Crippen LogP contribution >= 0.6 is 0 Å². The van der Waals surface area contributed by atoms with E-state index in [0.29, 0.717) is 48.4 Å². The van der Waals surface area contributed by atoms with Gasteiger partial charge in [0.25, 0.3) is 5.91 Å². The van der Waals surface area contributed by atoms with Crippen LogP contribution in [0.15, 0.2) is 54.9 Å². The summed E-state index contributed by atoms with van der Waals surface area (Å²) in [6.07, 6.45) is 2.40. The molecule has 154 valence electrons. The van der Waals surface area contributed by atoms with Crippen molar-refractivity contribution in [3.8, 4) is 0 Å². The zero-order valence-electron chi connectivity index (χ0n) is 16.4. The van der Waals surface area contributed by atoms with Crippen molar-refractivity contribution in [2.45, 2.75) is 6.10 Å². The molecule has 9 heteroatoms. The van der Waals surface area contributed by atoms with Crippen molar-refractivity contribution in [1.29, 1.82) is 0 Å². The Balaban J connectivity index is 1.47. The number of morpholine rings is 1. The molecule has 1 atom stereocenters. The fourth-order valence-corrected chi connectivity index (χ4v) is 3.18. The molecule has 1 amide bonds. The van der Waals surface area contributed by atoms with E-state index in [1.807, 2.05) is 12.1 Å². The van der Waals surface area contributed by atoms with Crippen molar-refractivity contribution in [3.05, 3.63) is 71.9 Å². The van der Waals surface area contributed by atoms with Crippen LogP contribution in [-0.4, -0.2) is 52.5 Å². The molecule has 0 aromatic carbocycles. The van der Waals surface area contributed by atoms with Crippen LogP contribution in [0.5, 0.6) is 0 Å². The standard InChI is InChI=1S/C21H21FN6O2/c1-23-20-11-14(7-8-24-20)21(29)28-9-10-30-17(13-28)16-3-2-4-19(26-16)27-18-6-5-15(22)12-25-18/h2-8,11-12,17H,9-10,13H2,1H3,(H,23,24)(H,25,26,27). The maximum absolute atomic E-state index is 13.0. The molecule has 1 aliphatic heterocycles. The third-order valence-electron chi connectivity index (χ3n) is 4.70. The molecular weight excluding hydrogens is 387 g/mol. The van der Waals surface area contributed by atoms with E-state index >= 15 is 0 Å². The van der Waals surface area contributed by atoms with Crippen molar-refractivity contribution in [2.75, 3.05) is 37.4 Å². The maximum atomic E-state index is 13.0. The van der Waals surface area contributed by atoms with Gasteiger partial charge < -0.3 is 20.3 Å². The first-order chi connectivity index (χ1) is 14.6. The van der Waals surface area contributed by atoms with Gasteiger partial charge in [-0.15, -0.1) is 0 Å². The number of pyridine rings is 3. The molecule has 0 saturated carbocycles. The first kappa shape index (κ1) is 19.7. The molecule has 4 heterocycles. The molecule has 1 fully saturated rings. The number of nitrogens with one attached hydrogen (secondary N) is 2. The molecule has 0 spiro atoms. The van der Waals surface area contributed by atoms with E-state index < -0.39 is 5.82 Å². The molecule has 2 N–H and O–H groups in total. The second kappa shape index (κ2) is 8.83. The summed E-state index contributed by atoms with van der Waals surface area (Å²) < 4.78 is 18.9. The Morgan fingerprint density at radius 3 is 2.87 bits per heavy atom. The van der Waals surface area contributed by atoms with Gasteiger partial charge in [0.2, 0.25) is 0 Å². The number of ether oxygens (including phenoxy) is 1. The molecule has 3 aromatic heterocycles. The zero-order chi connectivity index (χ0) is 20.9. The first-order valence-corrected chi connectivity index (χ1v) is 9.52. The number of hydrogen-bond acceptors (Lipinski definition) is 7. The van der Waals surface area contributed by atoms with Crippen LogP contribution in [0, 0.1) is 5.82 Å². The summed E-state index contributed by atoms with van der Waals surface area (Å²) in [7, 11) is 1.76. The van der Waals surface area contributed by atoms with Gasteiger partial charge in [0.05, 0.1) is 25.0 Å². The van der Waals surface area contributed by atoms with Crippen LogP contribution in [0.2, 0.25) is 0 Å². The summed E-state index contributed by atoms with van der Waals surface area (Å²) in [5.74, 6) is 1.21. The molecule has 1 aliphatic rings. The second-order valence-electron chi connectivity index (χ2n) is 6.72. The fourth-order valence-electron chi connectivity index (χ4n) is 3.18. The number of aromatic nitrogens is 3. The fraction of sp³-hybridized carbons (Fsp3) is 0.238. The Labute approximate surface area is 173 Å². The van der Waals surface area contributed by atoms with Crippen LogP contribution in [0.25, 0.3) is 0 Å². The zero-order valence-corrected chi connectivity index (χ0v) is 16.4. The van der Waals surface area contributed by atoms with E-state index in [0.717, 1.165) is 6.20 Å². The largest absolute Gasteiger partial charge is 0.373 e. The smallest absolute Gasteiger partial charge is 0.254 e. The summed E-state index contributed by atoms with van der Waals surface area (Å²) in [6, 6.07) is 11.8. The van der Waals surface area contributed by atoms with Crippen molar-refractivity contribution < 1.29 is 13.9 Å². The second-order valence-corrected chi connectivity index (χ2v) is 6.72. The minimum Gasteiger partial charge on any atom is -0.373 e. The third-order valence-corrected chi connectivity index (χ3v) is 4.70.